The molecule has 2 heterocycles. The van der Waals surface area contributed by atoms with Gasteiger partial charge in [-0.2, -0.15) is 4.68 Å². The first-order chi connectivity index (χ1) is 8.36. The summed E-state index contributed by atoms with van der Waals surface area (Å²) in [6.07, 6.45) is 0. The van der Waals surface area contributed by atoms with Crippen molar-refractivity contribution in [3.8, 4) is 0 Å². The quantitative estimate of drug-likeness (QED) is 0.673. The number of rotatable bonds is 3. The van der Waals surface area contributed by atoms with Gasteiger partial charge in [0.1, 0.15) is 12.6 Å². The van der Waals surface area contributed by atoms with Crippen LogP contribution in [0.15, 0.2) is 9.82 Å². The summed E-state index contributed by atoms with van der Waals surface area (Å²) in [5.74, 6) is 0.152. The minimum Gasteiger partial charge on any atom is -0.362 e. The summed E-state index contributed by atoms with van der Waals surface area (Å²) in [6, 6.07) is 0. The molecule has 0 aromatic carbocycles. The molecule has 98 valence electrons. The van der Waals surface area contributed by atoms with Crippen LogP contribution in [-0.2, 0) is 21.5 Å². The number of aryl methyl sites for hydroxylation is 1. The molecule has 0 aliphatic rings. The monoisotopic (exact) mass is 274 g/mol. The number of fused-ring (bicyclic) bond motifs is 1. The number of nitrogens with two attached hydrogens (primary N) is 1. The predicted molar refractivity (Wildman–Crippen MR) is 58.2 cm³/mol. The minimum atomic E-state index is -4.06. The molecule has 0 amide bonds. The van der Waals surface area contributed by atoms with Crippen LogP contribution in [-0.4, -0.2) is 39.9 Å². The van der Waals surface area contributed by atoms with Crippen molar-refractivity contribution in [2.45, 2.75) is 18.7 Å². The highest BCUT2D eigenvalue weighted by Crippen LogP contribution is 2.11. The average molecular weight is 274 g/mol. The Bertz CT molecular complexity index is 760. The molecular formula is C7H10N6O4S. The number of imidazole rings is 1. The third-order valence-corrected chi connectivity index (χ3v) is 2.98. The number of aromatic nitrogens is 5. The molecule has 0 saturated carbocycles. The highest BCUT2D eigenvalue weighted by molar-refractivity contribution is 7.89. The van der Waals surface area contributed by atoms with E-state index >= 15 is 0 Å². The smallest absolute Gasteiger partial charge is 0.355 e. The molecule has 0 aliphatic heterocycles. The van der Waals surface area contributed by atoms with Crippen molar-refractivity contribution in [1.82, 2.24) is 24.4 Å². The Morgan fingerprint density at radius 3 is 2.67 bits per heavy atom. The van der Waals surface area contributed by atoms with Crippen LogP contribution in [0.4, 0.5) is 0 Å². The van der Waals surface area contributed by atoms with E-state index in [2.05, 4.69) is 15.3 Å². The minimum absolute atomic E-state index is 0.107. The Labute approximate surface area is 101 Å². The van der Waals surface area contributed by atoms with Gasteiger partial charge in [0, 0.05) is 7.11 Å². The van der Waals surface area contributed by atoms with Gasteiger partial charge in [-0.3, -0.25) is 0 Å². The third kappa shape index (κ3) is 1.87. The highest BCUT2D eigenvalue weighted by Gasteiger charge is 2.22. The lowest BCUT2D eigenvalue weighted by atomic mass is 10.7. The van der Waals surface area contributed by atoms with Gasteiger partial charge in [0.05, 0.1) is 0 Å². The SMILES string of the molecule is COCn1nnc2c(S(N)(=O)=O)nc(C)n2c1=O. The molecule has 0 radical (unpaired) electrons. The number of hydrogen-bond acceptors (Lipinski definition) is 7. The van der Waals surface area contributed by atoms with Crippen molar-refractivity contribution in [3.63, 3.8) is 0 Å². The van der Waals surface area contributed by atoms with Gasteiger partial charge in [0.2, 0.25) is 10.7 Å². The van der Waals surface area contributed by atoms with E-state index in [-0.39, 0.29) is 18.2 Å². The summed E-state index contributed by atoms with van der Waals surface area (Å²) < 4.78 is 29.3. The van der Waals surface area contributed by atoms with Gasteiger partial charge in [0.25, 0.3) is 10.0 Å². The molecule has 2 rings (SSSR count). The number of sulfonamides is 1. The highest BCUT2D eigenvalue weighted by atomic mass is 32.2. The Morgan fingerprint density at radius 2 is 2.11 bits per heavy atom. The molecule has 0 bridgehead atoms. The molecule has 0 unspecified atom stereocenters. The second-order valence-electron chi connectivity index (χ2n) is 3.46. The molecule has 0 fully saturated rings. The van der Waals surface area contributed by atoms with Crippen LogP contribution in [0.5, 0.6) is 0 Å². The molecule has 2 N–H and O–H groups in total. The molecule has 11 heteroatoms. The van der Waals surface area contributed by atoms with Crippen molar-refractivity contribution in [2.75, 3.05) is 7.11 Å². The van der Waals surface area contributed by atoms with E-state index in [1.54, 1.807) is 0 Å². The largest absolute Gasteiger partial charge is 0.362 e. The Kier molecular flexibility index (Phi) is 2.88. The summed E-state index contributed by atoms with van der Waals surface area (Å²) in [6.45, 7) is 1.35. The fraction of sp³-hybridized carbons (Fsp3) is 0.429. The zero-order valence-corrected chi connectivity index (χ0v) is 10.4. The number of primary sulfonamides is 1. The van der Waals surface area contributed by atoms with E-state index in [1.165, 1.54) is 14.0 Å². The van der Waals surface area contributed by atoms with Crippen molar-refractivity contribution >= 4 is 15.7 Å². The summed E-state index contributed by atoms with van der Waals surface area (Å²) in [4.78, 5) is 15.7. The Hall–Kier alpha value is -1.85. The van der Waals surface area contributed by atoms with Crippen LogP contribution in [0, 0.1) is 6.92 Å². The van der Waals surface area contributed by atoms with Crippen LogP contribution in [0.25, 0.3) is 5.65 Å². The van der Waals surface area contributed by atoms with Gasteiger partial charge in [-0.05, 0) is 6.92 Å². The van der Waals surface area contributed by atoms with Crippen LogP contribution in [0.2, 0.25) is 0 Å². The second-order valence-corrected chi connectivity index (χ2v) is 4.93. The first-order valence-electron chi connectivity index (χ1n) is 4.71. The van der Waals surface area contributed by atoms with E-state index in [0.717, 1.165) is 9.08 Å². The molecule has 0 atom stereocenters. The van der Waals surface area contributed by atoms with E-state index in [0.29, 0.717) is 0 Å². The molecule has 2 aromatic rings. The Morgan fingerprint density at radius 1 is 1.44 bits per heavy atom. The van der Waals surface area contributed by atoms with E-state index in [9.17, 15) is 13.2 Å². The maximum atomic E-state index is 11.9. The van der Waals surface area contributed by atoms with Gasteiger partial charge >= 0.3 is 5.69 Å². The lowest BCUT2D eigenvalue weighted by Crippen LogP contribution is -2.31. The fourth-order valence-electron chi connectivity index (χ4n) is 1.46. The third-order valence-electron chi connectivity index (χ3n) is 2.17. The van der Waals surface area contributed by atoms with Crippen LogP contribution >= 0.6 is 0 Å². The van der Waals surface area contributed by atoms with Crippen molar-refractivity contribution < 1.29 is 13.2 Å². The first-order valence-corrected chi connectivity index (χ1v) is 6.25. The standard InChI is InChI=1S/C7H10N6O4S/c1-4-9-6(18(8,15)16)5-10-11-12(3-17-2)7(14)13(4)5/h3H2,1-2H3,(H2,8,15,16). The summed E-state index contributed by atoms with van der Waals surface area (Å²) in [5, 5.41) is 11.7. The van der Waals surface area contributed by atoms with E-state index in [4.69, 9.17) is 9.88 Å². The zero-order chi connectivity index (χ0) is 13.5. The number of hydrogen-bond donors (Lipinski definition) is 1. The zero-order valence-electron chi connectivity index (χ0n) is 9.56. The predicted octanol–water partition coefficient (Wildman–Crippen LogP) is -2.15. The van der Waals surface area contributed by atoms with Gasteiger partial charge in [-0.1, -0.05) is 5.21 Å². The van der Waals surface area contributed by atoms with Gasteiger partial charge < -0.3 is 4.74 Å². The number of nitrogens with zero attached hydrogens (tertiary/aromatic N) is 5. The van der Waals surface area contributed by atoms with Gasteiger partial charge in [0.15, 0.2) is 0 Å². The summed E-state index contributed by atoms with van der Waals surface area (Å²) in [5.41, 5.74) is -0.811. The molecule has 10 nitrogen and oxygen atoms in total. The Balaban J connectivity index is 2.86. The average Bonchev–Trinajstić information content (AvgIpc) is 2.61. The molecular weight excluding hydrogens is 264 g/mol. The summed E-state index contributed by atoms with van der Waals surface area (Å²) in [7, 11) is -2.68. The fourth-order valence-corrected chi connectivity index (χ4v) is 2.10. The summed E-state index contributed by atoms with van der Waals surface area (Å²) >= 11 is 0. The van der Waals surface area contributed by atoms with Crippen molar-refractivity contribution in [2.24, 2.45) is 5.14 Å². The molecule has 18 heavy (non-hydrogen) atoms. The maximum Gasteiger partial charge on any atom is 0.355 e. The van der Waals surface area contributed by atoms with Gasteiger partial charge in [-0.15, -0.1) is 5.10 Å². The molecule has 0 saturated heterocycles. The van der Waals surface area contributed by atoms with E-state index in [1.807, 2.05) is 0 Å². The molecule has 2 aromatic heterocycles. The van der Waals surface area contributed by atoms with Crippen molar-refractivity contribution in [3.05, 3.63) is 16.3 Å². The lowest BCUT2D eigenvalue weighted by molar-refractivity contribution is 0.111. The van der Waals surface area contributed by atoms with Crippen molar-refractivity contribution in [1.29, 1.82) is 0 Å². The van der Waals surface area contributed by atoms with Gasteiger partial charge in [-0.25, -0.2) is 27.7 Å². The number of ether oxygens (including phenoxy) is 1. The van der Waals surface area contributed by atoms with Crippen LogP contribution < -0.4 is 10.8 Å². The maximum absolute atomic E-state index is 11.9. The topological polar surface area (TPSA) is 134 Å². The number of methoxy groups -OCH3 is 1. The molecule has 0 spiro atoms. The molecule has 0 aliphatic carbocycles. The lowest BCUT2D eigenvalue weighted by Gasteiger charge is -2.02. The van der Waals surface area contributed by atoms with Crippen LogP contribution in [0.3, 0.4) is 0 Å². The van der Waals surface area contributed by atoms with Crippen LogP contribution in [0.1, 0.15) is 5.82 Å². The normalized spacial score (nSPS) is 12.2. The van der Waals surface area contributed by atoms with E-state index < -0.39 is 20.7 Å². The second kappa shape index (κ2) is 4.12. The first kappa shape index (κ1) is 12.6.